The van der Waals surface area contributed by atoms with Crippen molar-refractivity contribution >= 4 is 33.2 Å². The molecule has 0 radical (unpaired) electrons. The molecule has 7 heteroatoms. The molecule has 1 aromatic carbocycles. The Labute approximate surface area is 136 Å². The number of piperidine rings is 1. The molecule has 1 aromatic rings. The SMILES string of the molecule is CCCS(=O)(=O)N1CCC[C@@H](C(=O)Nc2ccc(Cl)cc2)C1. The highest BCUT2D eigenvalue weighted by Crippen LogP contribution is 2.22. The van der Waals surface area contributed by atoms with Gasteiger partial charge in [0.2, 0.25) is 15.9 Å². The van der Waals surface area contributed by atoms with E-state index in [0.29, 0.717) is 36.5 Å². The van der Waals surface area contributed by atoms with Crippen LogP contribution in [0.3, 0.4) is 0 Å². The molecule has 1 fully saturated rings. The number of nitrogens with zero attached hydrogens (tertiary/aromatic N) is 1. The van der Waals surface area contributed by atoms with Crippen molar-refractivity contribution in [3.63, 3.8) is 0 Å². The number of carbonyl (C=O) groups excluding carboxylic acids is 1. The van der Waals surface area contributed by atoms with Crippen molar-refractivity contribution in [1.82, 2.24) is 4.31 Å². The van der Waals surface area contributed by atoms with Crippen molar-refractivity contribution in [3.05, 3.63) is 29.3 Å². The summed E-state index contributed by atoms with van der Waals surface area (Å²) in [6.07, 6.45) is 2.00. The zero-order chi connectivity index (χ0) is 16.2. The second-order valence-corrected chi connectivity index (χ2v) is 8.03. The molecule has 1 N–H and O–H groups in total. The largest absolute Gasteiger partial charge is 0.326 e. The van der Waals surface area contributed by atoms with Gasteiger partial charge in [0, 0.05) is 23.8 Å². The summed E-state index contributed by atoms with van der Waals surface area (Å²) in [6, 6.07) is 6.87. The number of anilines is 1. The first kappa shape index (κ1) is 17.2. The molecule has 22 heavy (non-hydrogen) atoms. The number of nitrogens with one attached hydrogen (secondary N) is 1. The van der Waals surface area contributed by atoms with Crippen LogP contribution in [0.1, 0.15) is 26.2 Å². The Morgan fingerprint density at radius 2 is 2.05 bits per heavy atom. The Morgan fingerprint density at radius 1 is 1.36 bits per heavy atom. The molecule has 0 unspecified atom stereocenters. The van der Waals surface area contributed by atoms with Crippen LogP contribution in [0.2, 0.25) is 5.02 Å². The average Bonchev–Trinajstić information content (AvgIpc) is 2.50. The Kier molecular flexibility index (Phi) is 5.83. The first-order valence-electron chi connectivity index (χ1n) is 7.46. The van der Waals surface area contributed by atoms with E-state index in [1.54, 1.807) is 24.3 Å². The van der Waals surface area contributed by atoms with E-state index in [1.165, 1.54) is 4.31 Å². The van der Waals surface area contributed by atoms with Crippen LogP contribution in [-0.4, -0.2) is 37.5 Å². The van der Waals surface area contributed by atoms with Crippen LogP contribution in [0.25, 0.3) is 0 Å². The fourth-order valence-corrected chi connectivity index (χ4v) is 4.29. The van der Waals surface area contributed by atoms with Crippen molar-refractivity contribution < 1.29 is 13.2 Å². The lowest BCUT2D eigenvalue weighted by Gasteiger charge is -2.31. The van der Waals surface area contributed by atoms with Gasteiger partial charge in [-0.2, -0.15) is 0 Å². The fourth-order valence-electron chi connectivity index (χ4n) is 2.57. The number of sulfonamides is 1. The van der Waals surface area contributed by atoms with Gasteiger partial charge in [-0.3, -0.25) is 4.79 Å². The molecular formula is C15H21ClN2O3S. The quantitative estimate of drug-likeness (QED) is 0.893. The monoisotopic (exact) mass is 344 g/mol. The zero-order valence-electron chi connectivity index (χ0n) is 12.6. The fraction of sp³-hybridized carbons (Fsp3) is 0.533. The summed E-state index contributed by atoms with van der Waals surface area (Å²) in [4.78, 5) is 12.3. The van der Waals surface area contributed by atoms with Crippen LogP contribution in [0.15, 0.2) is 24.3 Å². The maximum atomic E-state index is 12.3. The molecule has 0 saturated carbocycles. The molecule has 0 bridgehead atoms. The molecule has 2 rings (SSSR count). The molecule has 0 aliphatic carbocycles. The minimum Gasteiger partial charge on any atom is -0.326 e. The maximum Gasteiger partial charge on any atom is 0.228 e. The van der Waals surface area contributed by atoms with Crippen LogP contribution in [-0.2, 0) is 14.8 Å². The molecule has 1 amide bonds. The summed E-state index contributed by atoms with van der Waals surface area (Å²) >= 11 is 5.81. The van der Waals surface area contributed by atoms with E-state index < -0.39 is 10.0 Å². The number of hydrogen-bond acceptors (Lipinski definition) is 3. The van der Waals surface area contributed by atoms with E-state index >= 15 is 0 Å². The van der Waals surface area contributed by atoms with Crippen LogP contribution in [0.5, 0.6) is 0 Å². The second-order valence-electron chi connectivity index (χ2n) is 5.51. The molecule has 5 nitrogen and oxygen atoms in total. The Hall–Kier alpha value is -1.11. The van der Waals surface area contributed by atoms with E-state index in [9.17, 15) is 13.2 Å². The minimum absolute atomic E-state index is 0.137. The smallest absolute Gasteiger partial charge is 0.228 e. The first-order chi connectivity index (χ1) is 10.4. The number of hydrogen-bond donors (Lipinski definition) is 1. The molecule has 122 valence electrons. The van der Waals surface area contributed by atoms with Gasteiger partial charge in [0.25, 0.3) is 0 Å². The van der Waals surface area contributed by atoms with Crippen LogP contribution in [0.4, 0.5) is 5.69 Å². The normalized spacial score (nSPS) is 19.8. The molecule has 1 aliphatic heterocycles. The lowest BCUT2D eigenvalue weighted by molar-refractivity contribution is -0.120. The topological polar surface area (TPSA) is 66.5 Å². The summed E-state index contributed by atoms with van der Waals surface area (Å²) in [7, 11) is -3.24. The van der Waals surface area contributed by atoms with Gasteiger partial charge in [-0.1, -0.05) is 18.5 Å². The van der Waals surface area contributed by atoms with Crippen molar-refractivity contribution in [3.8, 4) is 0 Å². The minimum atomic E-state index is -3.24. The van der Waals surface area contributed by atoms with Crippen molar-refractivity contribution in [1.29, 1.82) is 0 Å². The van der Waals surface area contributed by atoms with Gasteiger partial charge in [-0.15, -0.1) is 0 Å². The van der Waals surface area contributed by atoms with Gasteiger partial charge >= 0.3 is 0 Å². The highest BCUT2D eigenvalue weighted by Gasteiger charge is 2.31. The zero-order valence-corrected chi connectivity index (χ0v) is 14.2. The van der Waals surface area contributed by atoms with E-state index in [1.807, 2.05) is 6.92 Å². The molecule has 1 aliphatic rings. The molecule has 1 atom stereocenters. The van der Waals surface area contributed by atoms with E-state index in [2.05, 4.69) is 5.32 Å². The lowest BCUT2D eigenvalue weighted by atomic mass is 9.99. The Balaban J connectivity index is 1.99. The third-order valence-corrected chi connectivity index (χ3v) is 6.02. The van der Waals surface area contributed by atoms with E-state index in [0.717, 1.165) is 0 Å². The summed E-state index contributed by atoms with van der Waals surface area (Å²) in [5.41, 5.74) is 0.669. The summed E-state index contributed by atoms with van der Waals surface area (Å²) in [6.45, 7) is 2.61. The third-order valence-electron chi connectivity index (χ3n) is 3.72. The van der Waals surface area contributed by atoms with Crippen molar-refractivity contribution in [2.24, 2.45) is 5.92 Å². The van der Waals surface area contributed by atoms with Gasteiger partial charge in [0.05, 0.1) is 11.7 Å². The van der Waals surface area contributed by atoms with E-state index in [-0.39, 0.29) is 24.1 Å². The number of halogens is 1. The summed E-state index contributed by atoms with van der Waals surface area (Å²) < 4.78 is 25.7. The predicted octanol–water partition coefficient (Wildman–Crippen LogP) is 2.73. The summed E-state index contributed by atoms with van der Waals surface area (Å²) in [5.74, 6) is -0.312. The first-order valence-corrected chi connectivity index (χ1v) is 9.45. The number of benzene rings is 1. The van der Waals surface area contributed by atoms with Crippen molar-refractivity contribution in [2.45, 2.75) is 26.2 Å². The Bertz CT molecular complexity index is 616. The molecule has 0 spiro atoms. The molecular weight excluding hydrogens is 324 g/mol. The van der Waals surface area contributed by atoms with Gasteiger partial charge in [-0.05, 0) is 43.5 Å². The third kappa shape index (κ3) is 4.44. The highest BCUT2D eigenvalue weighted by molar-refractivity contribution is 7.89. The number of amides is 1. The predicted molar refractivity (Wildman–Crippen MR) is 88.5 cm³/mol. The second kappa shape index (κ2) is 7.44. The number of carbonyl (C=O) groups is 1. The molecule has 1 saturated heterocycles. The Morgan fingerprint density at radius 3 is 2.68 bits per heavy atom. The molecule has 1 heterocycles. The number of rotatable bonds is 5. The summed E-state index contributed by atoms with van der Waals surface area (Å²) in [5, 5.41) is 3.43. The standard InChI is InChI=1S/C15H21ClN2O3S/c1-2-10-22(20,21)18-9-3-4-12(11-18)15(19)17-14-7-5-13(16)6-8-14/h5-8,12H,2-4,9-11H2,1H3,(H,17,19)/t12-/m1/s1. The van der Waals surface area contributed by atoms with Gasteiger partial charge in [0.15, 0.2) is 0 Å². The van der Waals surface area contributed by atoms with Gasteiger partial charge in [0.1, 0.15) is 0 Å². The molecule has 0 aromatic heterocycles. The lowest BCUT2D eigenvalue weighted by Crippen LogP contribution is -2.44. The van der Waals surface area contributed by atoms with Crippen LogP contribution >= 0.6 is 11.6 Å². The van der Waals surface area contributed by atoms with Gasteiger partial charge in [-0.25, -0.2) is 12.7 Å². The average molecular weight is 345 g/mol. The van der Waals surface area contributed by atoms with E-state index in [4.69, 9.17) is 11.6 Å². The maximum absolute atomic E-state index is 12.3. The van der Waals surface area contributed by atoms with Gasteiger partial charge < -0.3 is 5.32 Å². The van der Waals surface area contributed by atoms with Crippen molar-refractivity contribution in [2.75, 3.05) is 24.2 Å². The van der Waals surface area contributed by atoms with Crippen LogP contribution < -0.4 is 5.32 Å². The van der Waals surface area contributed by atoms with Crippen LogP contribution in [0, 0.1) is 5.92 Å². The highest BCUT2D eigenvalue weighted by atomic mass is 35.5.